The molecule has 16 heavy (non-hydrogen) atoms. The van der Waals surface area contributed by atoms with Crippen molar-refractivity contribution in [2.24, 2.45) is 5.41 Å². The first-order valence-corrected chi connectivity index (χ1v) is 6.37. The lowest BCUT2D eigenvalue weighted by Gasteiger charge is -2.40. The van der Waals surface area contributed by atoms with Crippen LogP contribution in [0.25, 0.3) is 0 Å². The minimum atomic E-state index is -0.236. The fourth-order valence-electron chi connectivity index (χ4n) is 2.97. The molecule has 0 N–H and O–H groups in total. The molecule has 2 saturated heterocycles. The lowest BCUT2D eigenvalue weighted by Crippen LogP contribution is -2.49. The molecule has 92 valence electrons. The van der Waals surface area contributed by atoms with Crippen molar-refractivity contribution in [2.45, 2.75) is 45.1 Å². The number of likely N-dealkylation sites (tertiary alicyclic amines) is 1. The van der Waals surface area contributed by atoms with Crippen LogP contribution in [0.4, 0.5) is 0 Å². The second-order valence-corrected chi connectivity index (χ2v) is 5.97. The smallest absolute Gasteiger partial charge is 0.129 e. The van der Waals surface area contributed by atoms with E-state index in [-0.39, 0.29) is 11.0 Å². The number of carbonyl (C=O) groups excluding carboxylic acids is 1. The Morgan fingerprint density at radius 1 is 1.31 bits per heavy atom. The maximum Gasteiger partial charge on any atom is 0.129 e. The van der Waals surface area contributed by atoms with E-state index in [0.717, 1.165) is 38.8 Å². The number of ether oxygens (including phenoxy) is 1. The van der Waals surface area contributed by atoms with Crippen molar-refractivity contribution in [2.75, 3.05) is 26.3 Å². The number of aldehydes is 1. The van der Waals surface area contributed by atoms with Crippen molar-refractivity contribution in [3.8, 4) is 0 Å². The van der Waals surface area contributed by atoms with Crippen LogP contribution in [-0.4, -0.2) is 43.0 Å². The van der Waals surface area contributed by atoms with E-state index in [9.17, 15) is 4.79 Å². The van der Waals surface area contributed by atoms with Gasteiger partial charge in [0, 0.05) is 18.7 Å². The van der Waals surface area contributed by atoms with Gasteiger partial charge in [-0.3, -0.25) is 4.90 Å². The Hall–Kier alpha value is -0.410. The molecule has 0 spiro atoms. The molecule has 0 aliphatic carbocycles. The average Bonchev–Trinajstić information content (AvgIpc) is 2.60. The van der Waals surface area contributed by atoms with Crippen molar-refractivity contribution >= 4 is 6.29 Å². The molecule has 0 aromatic rings. The quantitative estimate of drug-likeness (QED) is 0.687. The predicted octanol–water partition coefficient (Wildman–Crippen LogP) is 1.86. The highest BCUT2D eigenvalue weighted by Crippen LogP contribution is 2.34. The van der Waals surface area contributed by atoms with Crippen molar-refractivity contribution in [3.05, 3.63) is 0 Å². The molecule has 3 heteroatoms. The van der Waals surface area contributed by atoms with E-state index in [0.29, 0.717) is 6.61 Å². The predicted molar refractivity (Wildman–Crippen MR) is 63.4 cm³/mol. The molecule has 2 aliphatic rings. The topological polar surface area (TPSA) is 29.5 Å². The van der Waals surface area contributed by atoms with Gasteiger partial charge in [0.25, 0.3) is 0 Å². The van der Waals surface area contributed by atoms with E-state index < -0.39 is 0 Å². The summed E-state index contributed by atoms with van der Waals surface area (Å²) in [5, 5.41) is 0. The van der Waals surface area contributed by atoms with Crippen molar-refractivity contribution < 1.29 is 9.53 Å². The number of carbonyl (C=O) groups is 1. The Morgan fingerprint density at radius 3 is 2.62 bits per heavy atom. The maximum absolute atomic E-state index is 11.4. The monoisotopic (exact) mass is 225 g/mol. The van der Waals surface area contributed by atoms with Crippen LogP contribution in [0.15, 0.2) is 0 Å². The molecule has 3 nitrogen and oxygen atoms in total. The third-order valence-electron chi connectivity index (χ3n) is 4.18. The fourth-order valence-corrected chi connectivity index (χ4v) is 2.97. The summed E-state index contributed by atoms with van der Waals surface area (Å²) in [6, 6.07) is 0. The van der Waals surface area contributed by atoms with Gasteiger partial charge >= 0.3 is 0 Å². The van der Waals surface area contributed by atoms with Crippen LogP contribution >= 0.6 is 0 Å². The third-order valence-corrected chi connectivity index (χ3v) is 4.18. The highest BCUT2D eigenvalue weighted by Gasteiger charge is 2.40. The van der Waals surface area contributed by atoms with Gasteiger partial charge in [-0.2, -0.15) is 0 Å². The summed E-state index contributed by atoms with van der Waals surface area (Å²) in [5.74, 6) is 0. The highest BCUT2D eigenvalue weighted by molar-refractivity contribution is 5.60. The van der Waals surface area contributed by atoms with E-state index in [1.807, 2.05) is 0 Å². The number of nitrogens with zero attached hydrogens (tertiary/aromatic N) is 1. The van der Waals surface area contributed by atoms with Crippen LogP contribution < -0.4 is 0 Å². The van der Waals surface area contributed by atoms with Crippen LogP contribution in [0, 0.1) is 5.41 Å². The first-order valence-electron chi connectivity index (χ1n) is 6.37. The standard InChI is InChI=1S/C13H23NO2/c1-12(2)5-3-7-14(12)9-13(10-15)6-4-8-16-11-13/h10H,3-9,11H2,1-2H3. The van der Waals surface area contributed by atoms with Crippen LogP contribution in [0.5, 0.6) is 0 Å². The highest BCUT2D eigenvalue weighted by atomic mass is 16.5. The van der Waals surface area contributed by atoms with Crippen molar-refractivity contribution in [3.63, 3.8) is 0 Å². The zero-order chi connectivity index (χ0) is 11.6. The minimum absolute atomic E-state index is 0.236. The van der Waals surface area contributed by atoms with Gasteiger partial charge in [0.15, 0.2) is 0 Å². The Morgan fingerprint density at radius 2 is 2.12 bits per heavy atom. The second-order valence-electron chi connectivity index (χ2n) is 5.97. The molecule has 0 radical (unpaired) electrons. The summed E-state index contributed by atoms with van der Waals surface area (Å²) in [5.41, 5.74) is 0.0211. The normalized spacial score (nSPS) is 35.1. The zero-order valence-electron chi connectivity index (χ0n) is 10.5. The molecule has 2 rings (SSSR count). The number of hydrogen-bond donors (Lipinski definition) is 0. The summed E-state index contributed by atoms with van der Waals surface area (Å²) < 4.78 is 5.50. The van der Waals surface area contributed by atoms with Crippen molar-refractivity contribution in [1.29, 1.82) is 0 Å². The van der Waals surface area contributed by atoms with Gasteiger partial charge < -0.3 is 9.53 Å². The summed E-state index contributed by atoms with van der Waals surface area (Å²) in [7, 11) is 0. The van der Waals surface area contributed by atoms with Gasteiger partial charge in [0.05, 0.1) is 12.0 Å². The Bertz CT molecular complexity index is 257. The second kappa shape index (κ2) is 4.46. The third kappa shape index (κ3) is 2.30. The Balaban J connectivity index is 2.03. The fraction of sp³-hybridized carbons (Fsp3) is 0.923. The molecular weight excluding hydrogens is 202 g/mol. The summed E-state index contributed by atoms with van der Waals surface area (Å²) in [6.07, 6.45) is 5.64. The van der Waals surface area contributed by atoms with Gasteiger partial charge in [-0.1, -0.05) is 0 Å². The SMILES string of the molecule is CC1(C)CCCN1CC1(C=O)CCCOC1. The molecule has 1 unspecified atom stereocenters. The van der Waals surface area contributed by atoms with Gasteiger partial charge in [-0.25, -0.2) is 0 Å². The zero-order valence-corrected chi connectivity index (χ0v) is 10.5. The Labute approximate surface area is 98.1 Å². The number of rotatable bonds is 3. The van der Waals surface area contributed by atoms with E-state index in [4.69, 9.17) is 4.74 Å². The maximum atomic E-state index is 11.4. The molecule has 1 atom stereocenters. The molecule has 0 aromatic heterocycles. The van der Waals surface area contributed by atoms with Crippen LogP contribution in [0.2, 0.25) is 0 Å². The Kier molecular flexibility index (Phi) is 3.36. The first-order chi connectivity index (χ1) is 7.58. The first kappa shape index (κ1) is 12.1. The van der Waals surface area contributed by atoms with Crippen LogP contribution in [0.1, 0.15) is 39.5 Å². The molecular formula is C13H23NO2. The molecule has 2 heterocycles. The summed E-state index contributed by atoms with van der Waals surface area (Å²) in [4.78, 5) is 13.8. The van der Waals surface area contributed by atoms with Crippen LogP contribution in [0.3, 0.4) is 0 Å². The number of hydrogen-bond acceptors (Lipinski definition) is 3. The van der Waals surface area contributed by atoms with Crippen molar-refractivity contribution in [1.82, 2.24) is 4.90 Å². The van der Waals surface area contributed by atoms with Gasteiger partial charge in [-0.05, 0) is 46.1 Å². The molecule has 0 aromatic carbocycles. The molecule has 0 saturated carbocycles. The molecule has 2 aliphatic heterocycles. The van der Waals surface area contributed by atoms with Gasteiger partial charge in [-0.15, -0.1) is 0 Å². The van der Waals surface area contributed by atoms with E-state index >= 15 is 0 Å². The van der Waals surface area contributed by atoms with Gasteiger partial charge in [0.2, 0.25) is 0 Å². The molecule has 0 amide bonds. The van der Waals surface area contributed by atoms with E-state index in [1.165, 1.54) is 12.8 Å². The summed E-state index contributed by atoms with van der Waals surface area (Å²) in [6.45, 7) is 8.00. The van der Waals surface area contributed by atoms with E-state index in [2.05, 4.69) is 18.7 Å². The molecule has 2 fully saturated rings. The minimum Gasteiger partial charge on any atom is -0.380 e. The van der Waals surface area contributed by atoms with Crippen LogP contribution in [-0.2, 0) is 9.53 Å². The van der Waals surface area contributed by atoms with E-state index in [1.54, 1.807) is 0 Å². The average molecular weight is 225 g/mol. The lowest BCUT2D eigenvalue weighted by molar-refractivity contribution is -0.126. The molecule has 0 bridgehead atoms. The van der Waals surface area contributed by atoms with Gasteiger partial charge in [0.1, 0.15) is 6.29 Å². The summed E-state index contributed by atoms with van der Waals surface area (Å²) >= 11 is 0. The largest absolute Gasteiger partial charge is 0.380 e. The lowest BCUT2D eigenvalue weighted by atomic mass is 9.82.